The molecule has 184 valence electrons. The van der Waals surface area contributed by atoms with Crippen LogP contribution in [0.2, 0.25) is 0 Å². The summed E-state index contributed by atoms with van der Waals surface area (Å²) in [6.45, 7) is -1.32. The predicted octanol–water partition coefficient (Wildman–Crippen LogP) is 4.51. The van der Waals surface area contributed by atoms with Crippen molar-refractivity contribution < 1.29 is 40.3 Å². The molecule has 1 N–H and O–H groups in total. The van der Waals surface area contributed by atoms with Gasteiger partial charge in [-0.2, -0.15) is 26.3 Å². The second-order valence-electron chi connectivity index (χ2n) is 7.38. The number of aromatic nitrogens is 2. The Labute approximate surface area is 188 Å². The Morgan fingerprint density at radius 3 is 2.41 bits per heavy atom. The van der Waals surface area contributed by atoms with Gasteiger partial charge in [-0.25, -0.2) is 14.8 Å². The van der Waals surface area contributed by atoms with Crippen LogP contribution in [0.5, 0.6) is 0 Å². The number of carbonyl (C=O) groups excluding carboxylic acids is 2. The molecule has 0 bridgehead atoms. The SMILES string of the molecule is O=C(CN1C(=O)N(c2ccc(C(F)(F)F)nc2)C[C@@H]1CCCF)Nc1cc(C(F)(F)F)ccn1. The van der Waals surface area contributed by atoms with E-state index in [9.17, 15) is 40.3 Å². The highest BCUT2D eigenvalue weighted by Gasteiger charge is 2.39. The summed E-state index contributed by atoms with van der Waals surface area (Å²) in [5, 5.41) is 2.18. The van der Waals surface area contributed by atoms with Crippen molar-refractivity contribution in [2.75, 3.05) is 30.0 Å². The van der Waals surface area contributed by atoms with Crippen molar-refractivity contribution >= 4 is 23.4 Å². The standard InChI is InChI=1S/C20H18F7N5O2/c21-6-1-2-14-10-31(13-3-4-15(29-9-13)20(25,26)27)18(34)32(14)11-17(33)30-16-8-12(5-7-28-16)19(22,23)24/h3-5,7-9,14H,1-2,6,10-11H2,(H,28,30,33)/t14-/m0/s1. The molecule has 2 aromatic heterocycles. The quantitative estimate of drug-likeness (QED) is 0.576. The number of anilines is 2. The Balaban J connectivity index is 1.75. The van der Waals surface area contributed by atoms with Gasteiger partial charge in [-0.15, -0.1) is 0 Å². The van der Waals surface area contributed by atoms with E-state index < -0.39 is 54.8 Å². The van der Waals surface area contributed by atoms with Crippen LogP contribution in [0.3, 0.4) is 0 Å². The summed E-state index contributed by atoms with van der Waals surface area (Å²) in [5.41, 5.74) is -2.13. The van der Waals surface area contributed by atoms with Crippen LogP contribution in [0.4, 0.5) is 47.0 Å². The van der Waals surface area contributed by atoms with Gasteiger partial charge >= 0.3 is 18.4 Å². The summed E-state index contributed by atoms with van der Waals surface area (Å²) in [5.74, 6) is -1.23. The maximum atomic E-state index is 12.9. The molecule has 3 amide bonds. The van der Waals surface area contributed by atoms with Gasteiger partial charge < -0.3 is 10.2 Å². The monoisotopic (exact) mass is 493 g/mol. The minimum atomic E-state index is -4.67. The Hall–Kier alpha value is -3.45. The third-order valence-electron chi connectivity index (χ3n) is 5.00. The second kappa shape index (κ2) is 9.81. The third kappa shape index (κ3) is 5.91. The number of halogens is 7. The van der Waals surface area contributed by atoms with Crippen molar-refractivity contribution in [1.82, 2.24) is 14.9 Å². The average Bonchev–Trinajstić information content (AvgIpc) is 3.06. The van der Waals surface area contributed by atoms with E-state index in [1.807, 2.05) is 0 Å². The van der Waals surface area contributed by atoms with Gasteiger partial charge in [-0.3, -0.25) is 14.1 Å². The lowest BCUT2D eigenvalue weighted by Crippen LogP contribution is -2.41. The highest BCUT2D eigenvalue weighted by molar-refractivity contribution is 5.99. The van der Waals surface area contributed by atoms with E-state index in [-0.39, 0.29) is 30.9 Å². The van der Waals surface area contributed by atoms with Crippen molar-refractivity contribution in [2.45, 2.75) is 31.2 Å². The van der Waals surface area contributed by atoms with E-state index in [0.29, 0.717) is 12.1 Å². The summed E-state index contributed by atoms with van der Waals surface area (Å²) in [6.07, 6.45) is -7.38. The van der Waals surface area contributed by atoms with Crippen molar-refractivity contribution in [3.63, 3.8) is 0 Å². The zero-order valence-corrected chi connectivity index (χ0v) is 17.3. The molecule has 7 nitrogen and oxygen atoms in total. The number of hydrogen-bond donors (Lipinski definition) is 1. The van der Waals surface area contributed by atoms with Crippen LogP contribution in [-0.2, 0) is 17.1 Å². The first kappa shape index (κ1) is 25.2. The van der Waals surface area contributed by atoms with Gasteiger partial charge in [0, 0.05) is 12.7 Å². The topological polar surface area (TPSA) is 78.4 Å². The van der Waals surface area contributed by atoms with Crippen LogP contribution >= 0.6 is 0 Å². The molecule has 0 aromatic carbocycles. The van der Waals surface area contributed by atoms with E-state index in [2.05, 4.69) is 15.3 Å². The number of alkyl halides is 7. The fraction of sp³-hybridized carbons (Fsp3) is 0.400. The van der Waals surface area contributed by atoms with Crippen LogP contribution in [0.15, 0.2) is 36.7 Å². The number of amides is 3. The summed E-state index contributed by atoms with van der Waals surface area (Å²) >= 11 is 0. The zero-order chi connectivity index (χ0) is 25.1. The van der Waals surface area contributed by atoms with Gasteiger partial charge in [-0.05, 0) is 37.1 Å². The first-order valence-corrected chi connectivity index (χ1v) is 9.90. The number of urea groups is 1. The molecule has 1 aliphatic heterocycles. The normalized spacial score (nSPS) is 16.8. The van der Waals surface area contributed by atoms with Gasteiger partial charge in [0.25, 0.3) is 0 Å². The molecular weight excluding hydrogens is 475 g/mol. The molecule has 3 heterocycles. The number of nitrogens with one attached hydrogen (secondary N) is 1. The van der Waals surface area contributed by atoms with Crippen molar-refractivity contribution in [1.29, 1.82) is 0 Å². The van der Waals surface area contributed by atoms with Gasteiger partial charge in [0.2, 0.25) is 5.91 Å². The van der Waals surface area contributed by atoms with Gasteiger partial charge in [0.05, 0.1) is 30.2 Å². The number of pyridine rings is 2. The summed E-state index contributed by atoms with van der Waals surface area (Å²) in [7, 11) is 0. The Kier molecular flexibility index (Phi) is 7.26. The van der Waals surface area contributed by atoms with E-state index >= 15 is 0 Å². The molecular formula is C20H18F7N5O2. The summed E-state index contributed by atoms with van der Waals surface area (Å²) < 4.78 is 89.5. The van der Waals surface area contributed by atoms with Crippen LogP contribution in [0.25, 0.3) is 0 Å². The molecule has 0 spiro atoms. The first-order valence-electron chi connectivity index (χ1n) is 9.90. The first-order chi connectivity index (χ1) is 15.9. The Bertz CT molecular complexity index is 1030. The molecule has 3 rings (SSSR count). The van der Waals surface area contributed by atoms with Crippen molar-refractivity contribution in [3.8, 4) is 0 Å². The number of rotatable bonds is 7. The van der Waals surface area contributed by atoms with Gasteiger partial charge in [0.15, 0.2) is 0 Å². The van der Waals surface area contributed by atoms with Gasteiger partial charge in [-0.1, -0.05) is 0 Å². The van der Waals surface area contributed by atoms with Crippen LogP contribution in [0.1, 0.15) is 24.1 Å². The largest absolute Gasteiger partial charge is 0.433 e. The Morgan fingerprint density at radius 1 is 1.09 bits per heavy atom. The van der Waals surface area contributed by atoms with Gasteiger partial charge in [0.1, 0.15) is 18.1 Å². The number of carbonyl (C=O) groups is 2. The fourth-order valence-corrected chi connectivity index (χ4v) is 3.40. The maximum absolute atomic E-state index is 12.9. The molecule has 1 atom stereocenters. The maximum Gasteiger partial charge on any atom is 0.433 e. The number of hydrogen-bond acceptors (Lipinski definition) is 4. The highest BCUT2D eigenvalue weighted by atomic mass is 19.4. The minimum absolute atomic E-state index is 0.0407. The molecule has 14 heteroatoms. The molecule has 2 aromatic rings. The van der Waals surface area contributed by atoms with E-state index in [1.54, 1.807) is 0 Å². The predicted molar refractivity (Wildman–Crippen MR) is 106 cm³/mol. The molecule has 0 unspecified atom stereocenters. The van der Waals surface area contributed by atoms with E-state index in [1.165, 1.54) is 0 Å². The molecule has 1 aliphatic rings. The van der Waals surface area contributed by atoms with E-state index in [0.717, 1.165) is 34.3 Å². The number of nitrogens with zero attached hydrogens (tertiary/aromatic N) is 4. The van der Waals surface area contributed by atoms with E-state index in [4.69, 9.17) is 0 Å². The molecule has 0 saturated carbocycles. The van der Waals surface area contributed by atoms with Crippen molar-refractivity contribution in [3.05, 3.63) is 47.9 Å². The highest BCUT2D eigenvalue weighted by Crippen LogP contribution is 2.31. The average molecular weight is 493 g/mol. The molecule has 0 radical (unpaired) electrons. The summed E-state index contributed by atoms with van der Waals surface area (Å²) in [4.78, 5) is 34.5. The van der Waals surface area contributed by atoms with Crippen molar-refractivity contribution in [2.24, 2.45) is 0 Å². The Morgan fingerprint density at radius 2 is 1.82 bits per heavy atom. The molecule has 1 saturated heterocycles. The van der Waals surface area contributed by atoms with Crippen LogP contribution < -0.4 is 10.2 Å². The lowest BCUT2D eigenvalue weighted by Gasteiger charge is -2.22. The van der Waals surface area contributed by atoms with Crippen LogP contribution in [0, 0.1) is 0 Å². The third-order valence-corrected chi connectivity index (χ3v) is 5.00. The van der Waals surface area contributed by atoms with Crippen LogP contribution in [-0.4, -0.2) is 52.6 Å². The fourth-order valence-electron chi connectivity index (χ4n) is 3.40. The summed E-state index contributed by atoms with van der Waals surface area (Å²) in [6, 6.07) is 1.71. The lowest BCUT2D eigenvalue weighted by molar-refractivity contribution is -0.141. The molecule has 34 heavy (non-hydrogen) atoms. The molecule has 0 aliphatic carbocycles. The smallest absolute Gasteiger partial charge is 0.310 e. The lowest BCUT2D eigenvalue weighted by atomic mass is 10.1. The minimum Gasteiger partial charge on any atom is -0.310 e. The second-order valence-corrected chi connectivity index (χ2v) is 7.38. The zero-order valence-electron chi connectivity index (χ0n) is 17.3. The molecule has 1 fully saturated rings.